The molecule has 0 fully saturated rings. The Labute approximate surface area is 120 Å². The maximum Gasteiger partial charge on any atom is 0.313 e. The first-order chi connectivity index (χ1) is 9.65. The van der Waals surface area contributed by atoms with Crippen molar-refractivity contribution < 1.29 is 14.3 Å². The van der Waals surface area contributed by atoms with Gasteiger partial charge in [-0.1, -0.05) is 25.1 Å². The molecule has 0 amide bonds. The number of nitrogens with two attached hydrogens (primary N) is 1. The Hall–Kier alpha value is -1.55. The van der Waals surface area contributed by atoms with Crippen molar-refractivity contribution in [2.24, 2.45) is 11.1 Å². The van der Waals surface area contributed by atoms with E-state index in [0.717, 1.165) is 12.2 Å². The zero-order valence-electron chi connectivity index (χ0n) is 12.2. The van der Waals surface area contributed by atoms with Gasteiger partial charge in [0.1, 0.15) is 11.9 Å². The average Bonchev–Trinajstić information content (AvgIpc) is 2.87. The minimum Gasteiger partial charge on any atom is -0.490 e. The predicted octanol–water partition coefficient (Wildman–Crippen LogP) is 2.30. The van der Waals surface area contributed by atoms with Crippen LogP contribution in [-0.2, 0) is 16.0 Å². The predicted molar refractivity (Wildman–Crippen MR) is 77.6 cm³/mol. The summed E-state index contributed by atoms with van der Waals surface area (Å²) < 4.78 is 11.1. The summed E-state index contributed by atoms with van der Waals surface area (Å²) in [5, 5.41) is 0. The van der Waals surface area contributed by atoms with E-state index in [2.05, 4.69) is 6.07 Å². The number of esters is 1. The van der Waals surface area contributed by atoms with Crippen LogP contribution < -0.4 is 10.5 Å². The van der Waals surface area contributed by atoms with Gasteiger partial charge in [-0.05, 0) is 25.0 Å². The summed E-state index contributed by atoms with van der Waals surface area (Å²) in [4.78, 5) is 12.2. The highest BCUT2D eigenvalue weighted by atomic mass is 16.5. The molecule has 1 aromatic carbocycles. The molecule has 0 spiro atoms. The molecule has 0 radical (unpaired) electrons. The van der Waals surface area contributed by atoms with Gasteiger partial charge >= 0.3 is 5.97 Å². The van der Waals surface area contributed by atoms with Gasteiger partial charge in [0.25, 0.3) is 0 Å². The molecule has 0 bridgehead atoms. The SMILES string of the molecule is CCOC(=O)C(CC)(CN)CC1Cc2ccccc2O1. The van der Waals surface area contributed by atoms with Crippen LogP contribution in [0, 0.1) is 5.41 Å². The third-order valence-corrected chi connectivity index (χ3v) is 4.11. The fraction of sp³-hybridized carbons (Fsp3) is 0.562. The number of rotatable bonds is 6. The number of hydrogen-bond donors (Lipinski definition) is 1. The molecule has 2 rings (SSSR count). The van der Waals surface area contributed by atoms with E-state index in [4.69, 9.17) is 15.2 Å². The van der Waals surface area contributed by atoms with E-state index < -0.39 is 5.41 Å². The molecule has 2 N–H and O–H groups in total. The van der Waals surface area contributed by atoms with Crippen molar-refractivity contribution >= 4 is 5.97 Å². The number of carbonyl (C=O) groups excluding carboxylic acids is 1. The maximum absolute atomic E-state index is 12.2. The summed E-state index contributed by atoms with van der Waals surface area (Å²) in [7, 11) is 0. The van der Waals surface area contributed by atoms with Crippen LogP contribution in [0.5, 0.6) is 5.75 Å². The van der Waals surface area contributed by atoms with Crippen molar-refractivity contribution in [2.45, 2.75) is 39.2 Å². The lowest BCUT2D eigenvalue weighted by Crippen LogP contribution is -2.43. The van der Waals surface area contributed by atoms with Gasteiger partial charge in [0.15, 0.2) is 0 Å². The number of ether oxygens (including phenoxy) is 2. The lowest BCUT2D eigenvalue weighted by molar-refractivity contribution is -0.156. The summed E-state index contributed by atoms with van der Waals surface area (Å²) in [6.07, 6.45) is 2.10. The third kappa shape index (κ3) is 2.80. The molecule has 2 unspecified atom stereocenters. The normalized spacial score (nSPS) is 19.9. The highest BCUT2D eigenvalue weighted by Crippen LogP contribution is 2.36. The maximum atomic E-state index is 12.2. The van der Waals surface area contributed by atoms with Crippen LogP contribution in [0.3, 0.4) is 0 Å². The fourth-order valence-electron chi connectivity index (χ4n) is 2.77. The third-order valence-electron chi connectivity index (χ3n) is 4.11. The van der Waals surface area contributed by atoms with E-state index >= 15 is 0 Å². The van der Waals surface area contributed by atoms with Crippen molar-refractivity contribution in [3.05, 3.63) is 29.8 Å². The summed E-state index contributed by atoms with van der Waals surface area (Å²) in [5.41, 5.74) is 6.44. The van der Waals surface area contributed by atoms with E-state index in [1.807, 2.05) is 32.0 Å². The Bertz CT molecular complexity index is 444. The molecule has 20 heavy (non-hydrogen) atoms. The van der Waals surface area contributed by atoms with Gasteiger partial charge in [-0.2, -0.15) is 0 Å². The molecule has 0 aliphatic carbocycles. The van der Waals surface area contributed by atoms with Crippen molar-refractivity contribution in [1.82, 2.24) is 0 Å². The smallest absolute Gasteiger partial charge is 0.313 e. The van der Waals surface area contributed by atoms with Gasteiger partial charge in [0.2, 0.25) is 0 Å². The molecule has 0 aromatic heterocycles. The Kier molecular flexibility index (Phi) is 4.65. The molecular formula is C16H23NO3. The number of benzene rings is 1. The summed E-state index contributed by atoms with van der Waals surface area (Å²) >= 11 is 0. The van der Waals surface area contributed by atoms with Crippen molar-refractivity contribution in [1.29, 1.82) is 0 Å². The minimum atomic E-state index is -0.636. The lowest BCUT2D eigenvalue weighted by atomic mass is 9.79. The first-order valence-electron chi connectivity index (χ1n) is 7.27. The number of hydrogen-bond acceptors (Lipinski definition) is 4. The Balaban J connectivity index is 2.09. The quantitative estimate of drug-likeness (QED) is 0.810. The first kappa shape index (κ1) is 14.9. The second kappa shape index (κ2) is 6.27. The zero-order valence-corrected chi connectivity index (χ0v) is 12.2. The molecule has 2 atom stereocenters. The molecular weight excluding hydrogens is 254 g/mol. The Morgan fingerprint density at radius 3 is 2.80 bits per heavy atom. The second-order valence-corrected chi connectivity index (χ2v) is 5.31. The number of carbonyl (C=O) groups is 1. The monoisotopic (exact) mass is 277 g/mol. The van der Waals surface area contributed by atoms with Gasteiger partial charge in [-0.3, -0.25) is 4.79 Å². The summed E-state index contributed by atoms with van der Waals surface area (Å²) in [6, 6.07) is 8.00. The van der Waals surface area contributed by atoms with Gasteiger partial charge < -0.3 is 15.2 Å². The Morgan fingerprint density at radius 2 is 2.20 bits per heavy atom. The van der Waals surface area contributed by atoms with Crippen LogP contribution in [0.15, 0.2) is 24.3 Å². The van der Waals surface area contributed by atoms with Gasteiger partial charge in [-0.25, -0.2) is 0 Å². The minimum absolute atomic E-state index is 0.000283. The average molecular weight is 277 g/mol. The highest BCUT2D eigenvalue weighted by Gasteiger charge is 2.41. The van der Waals surface area contributed by atoms with E-state index in [1.165, 1.54) is 5.56 Å². The van der Waals surface area contributed by atoms with Crippen molar-refractivity contribution in [2.75, 3.05) is 13.2 Å². The topological polar surface area (TPSA) is 61.5 Å². The van der Waals surface area contributed by atoms with E-state index in [1.54, 1.807) is 0 Å². The van der Waals surface area contributed by atoms with Crippen LogP contribution in [-0.4, -0.2) is 25.2 Å². The number of fused-ring (bicyclic) bond motifs is 1. The molecule has 1 aromatic rings. The zero-order chi connectivity index (χ0) is 14.6. The van der Waals surface area contributed by atoms with Crippen molar-refractivity contribution in [3.8, 4) is 5.75 Å². The molecule has 0 saturated heterocycles. The van der Waals surface area contributed by atoms with E-state index in [9.17, 15) is 4.79 Å². The second-order valence-electron chi connectivity index (χ2n) is 5.31. The summed E-state index contributed by atoms with van der Waals surface area (Å²) in [5.74, 6) is 0.716. The van der Waals surface area contributed by atoms with Gasteiger partial charge in [0.05, 0.1) is 12.0 Å². The van der Waals surface area contributed by atoms with Gasteiger partial charge in [-0.15, -0.1) is 0 Å². The molecule has 110 valence electrons. The molecule has 1 aliphatic rings. The first-order valence-corrected chi connectivity index (χ1v) is 7.27. The van der Waals surface area contributed by atoms with E-state index in [-0.39, 0.29) is 12.1 Å². The highest BCUT2D eigenvalue weighted by molar-refractivity contribution is 5.77. The fourth-order valence-corrected chi connectivity index (χ4v) is 2.77. The molecule has 1 heterocycles. The van der Waals surface area contributed by atoms with Crippen molar-refractivity contribution in [3.63, 3.8) is 0 Å². The Morgan fingerprint density at radius 1 is 1.45 bits per heavy atom. The van der Waals surface area contributed by atoms with Crippen LogP contribution in [0.4, 0.5) is 0 Å². The summed E-state index contributed by atoms with van der Waals surface area (Å²) in [6.45, 7) is 4.47. The molecule has 4 heteroatoms. The largest absolute Gasteiger partial charge is 0.490 e. The standard InChI is InChI=1S/C16H23NO3/c1-3-16(11-17,15(18)19-4-2)10-13-9-12-7-5-6-8-14(12)20-13/h5-8,13H,3-4,9-11,17H2,1-2H3. The van der Waals surface area contributed by atoms with Crippen LogP contribution >= 0.6 is 0 Å². The number of para-hydroxylation sites is 1. The lowest BCUT2D eigenvalue weighted by Gasteiger charge is -2.31. The molecule has 4 nitrogen and oxygen atoms in total. The molecule has 0 saturated carbocycles. The van der Waals surface area contributed by atoms with E-state index in [0.29, 0.717) is 26.0 Å². The molecule has 1 aliphatic heterocycles. The van der Waals surface area contributed by atoms with Crippen LogP contribution in [0.1, 0.15) is 32.3 Å². The van der Waals surface area contributed by atoms with Crippen LogP contribution in [0.2, 0.25) is 0 Å². The van der Waals surface area contributed by atoms with Crippen LogP contribution in [0.25, 0.3) is 0 Å². The van der Waals surface area contributed by atoms with Gasteiger partial charge in [0, 0.05) is 19.4 Å².